The molecule has 0 radical (unpaired) electrons. The molecule has 6 nitrogen and oxygen atoms in total. The first-order chi connectivity index (χ1) is 12.9. The van der Waals surface area contributed by atoms with Crippen molar-refractivity contribution in [3.63, 3.8) is 0 Å². The molecular formula is C20H23N3O3S. The maximum Gasteiger partial charge on any atom is 0.243 e. The second-order valence-corrected chi connectivity index (χ2v) is 9.54. The maximum atomic E-state index is 12.9. The van der Waals surface area contributed by atoms with Gasteiger partial charge in [0.2, 0.25) is 15.9 Å². The van der Waals surface area contributed by atoms with Crippen LogP contribution in [0.4, 0.5) is 0 Å². The number of carbonyl (C=O) groups excluding carboxylic acids is 1. The number of amides is 1. The molecule has 2 aliphatic rings. The summed E-state index contributed by atoms with van der Waals surface area (Å²) in [5.74, 6) is -0.0965. The number of rotatable bonds is 5. The molecular weight excluding hydrogens is 362 g/mol. The lowest BCUT2D eigenvalue weighted by Gasteiger charge is -2.17. The van der Waals surface area contributed by atoms with Crippen LogP contribution in [0.1, 0.15) is 24.0 Å². The van der Waals surface area contributed by atoms with E-state index in [0.717, 1.165) is 24.0 Å². The molecule has 2 aromatic rings. The zero-order valence-corrected chi connectivity index (χ0v) is 16.1. The topological polar surface area (TPSA) is 79.4 Å². The molecule has 1 spiro atoms. The van der Waals surface area contributed by atoms with Crippen LogP contribution in [0.25, 0.3) is 0 Å². The Morgan fingerprint density at radius 1 is 1.30 bits per heavy atom. The van der Waals surface area contributed by atoms with Gasteiger partial charge in [0.15, 0.2) is 0 Å². The zero-order chi connectivity index (χ0) is 19.1. The van der Waals surface area contributed by atoms with E-state index < -0.39 is 10.0 Å². The van der Waals surface area contributed by atoms with Crippen molar-refractivity contribution >= 4 is 15.9 Å². The lowest BCUT2D eigenvalue weighted by atomic mass is 10.0. The number of hydrogen-bond donors (Lipinski definition) is 1. The molecule has 142 valence electrons. The van der Waals surface area contributed by atoms with E-state index in [4.69, 9.17) is 0 Å². The molecule has 1 N–H and O–H groups in total. The summed E-state index contributed by atoms with van der Waals surface area (Å²) in [6, 6.07) is 10.7. The fourth-order valence-electron chi connectivity index (χ4n) is 3.91. The Morgan fingerprint density at radius 3 is 2.78 bits per heavy atom. The van der Waals surface area contributed by atoms with Crippen LogP contribution < -0.4 is 5.32 Å². The first kappa shape index (κ1) is 18.1. The number of nitrogens with one attached hydrogen (secondary N) is 1. The van der Waals surface area contributed by atoms with Crippen molar-refractivity contribution < 1.29 is 13.2 Å². The summed E-state index contributed by atoms with van der Waals surface area (Å²) in [6.07, 6.45) is 4.92. The SMILES string of the molecule is Cc1ccc(S(=O)(=O)N2CC[C@@]3(C[C@@H]3C(=O)NCc3cccnc3)C2)cc1. The summed E-state index contributed by atoms with van der Waals surface area (Å²) in [4.78, 5) is 16.9. The average molecular weight is 385 g/mol. The number of sulfonamides is 1. The lowest BCUT2D eigenvalue weighted by Crippen LogP contribution is -2.31. The standard InChI is InChI=1S/C20H23N3O3S/c1-15-4-6-17(7-5-15)27(25,26)23-10-8-20(14-23)11-18(20)19(24)22-13-16-3-2-9-21-12-16/h2-7,9,12,18H,8,10-11,13-14H2,1H3,(H,22,24)/t18-,20-/m1/s1. The minimum atomic E-state index is -3.50. The highest BCUT2D eigenvalue weighted by Gasteiger charge is 2.62. The Kier molecular flexibility index (Phi) is 4.52. The van der Waals surface area contributed by atoms with Crippen LogP contribution in [-0.4, -0.2) is 36.7 Å². The van der Waals surface area contributed by atoms with Gasteiger partial charge in [-0.2, -0.15) is 4.31 Å². The van der Waals surface area contributed by atoms with Gasteiger partial charge in [-0.25, -0.2) is 8.42 Å². The van der Waals surface area contributed by atoms with Crippen LogP contribution in [0.5, 0.6) is 0 Å². The molecule has 4 rings (SSSR count). The number of pyridine rings is 1. The number of aryl methyl sites for hydroxylation is 1. The van der Waals surface area contributed by atoms with E-state index in [1.54, 1.807) is 24.5 Å². The van der Waals surface area contributed by atoms with Crippen LogP contribution in [0.3, 0.4) is 0 Å². The van der Waals surface area contributed by atoms with Crippen LogP contribution in [-0.2, 0) is 21.4 Å². The summed E-state index contributed by atoms with van der Waals surface area (Å²) in [6.45, 7) is 3.28. The number of carbonyl (C=O) groups is 1. The van der Waals surface area contributed by atoms with Crippen LogP contribution >= 0.6 is 0 Å². The normalized spacial score (nSPS) is 24.9. The van der Waals surface area contributed by atoms with E-state index in [2.05, 4.69) is 10.3 Å². The van der Waals surface area contributed by atoms with Crippen molar-refractivity contribution in [2.45, 2.75) is 31.2 Å². The minimum Gasteiger partial charge on any atom is -0.352 e. The van der Waals surface area contributed by atoms with Gasteiger partial charge < -0.3 is 5.32 Å². The van der Waals surface area contributed by atoms with Gasteiger partial charge in [0.05, 0.1) is 4.90 Å². The molecule has 1 aliphatic carbocycles. The van der Waals surface area contributed by atoms with Crippen molar-refractivity contribution in [2.75, 3.05) is 13.1 Å². The molecule has 1 saturated carbocycles. The summed E-state index contributed by atoms with van der Waals surface area (Å²) in [5, 5.41) is 2.96. The average Bonchev–Trinajstić information content (AvgIpc) is 3.20. The summed E-state index contributed by atoms with van der Waals surface area (Å²) in [7, 11) is -3.50. The molecule has 2 heterocycles. The third kappa shape index (κ3) is 3.49. The quantitative estimate of drug-likeness (QED) is 0.855. The molecule has 1 aliphatic heterocycles. The highest BCUT2D eigenvalue weighted by molar-refractivity contribution is 7.89. The number of hydrogen-bond acceptors (Lipinski definition) is 4. The Hall–Kier alpha value is -2.25. The van der Waals surface area contributed by atoms with Gasteiger partial charge in [0, 0.05) is 37.9 Å². The molecule has 0 bridgehead atoms. The fourth-order valence-corrected chi connectivity index (χ4v) is 5.44. The maximum absolute atomic E-state index is 12.9. The molecule has 0 unspecified atom stereocenters. The molecule has 7 heteroatoms. The summed E-state index contributed by atoms with van der Waals surface area (Å²) >= 11 is 0. The minimum absolute atomic E-state index is 0.00781. The van der Waals surface area contributed by atoms with Gasteiger partial charge in [-0.3, -0.25) is 9.78 Å². The van der Waals surface area contributed by atoms with Crippen LogP contribution in [0.15, 0.2) is 53.7 Å². The van der Waals surface area contributed by atoms with Crippen LogP contribution in [0, 0.1) is 18.3 Å². The molecule has 1 aromatic heterocycles. The number of nitrogens with zero attached hydrogens (tertiary/aromatic N) is 2. The predicted octanol–water partition coefficient (Wildman–Crippen LogP) is 2.11. The van der Waals surface area contributed by atoms with Crippen molar-refractivity contribution in [2.24, 2.45) is 11.3 Å². The first-order valence-corrected chi connectivity index (χ1v) is 10.6. The first-order valence-electron chi connectivity index (χ1n) is 9.14. The zero-order valence-electron chi connectivity index (χ0n) is 15.3. The van der Waals surface area contributed by atoms with Gasteiger partial charge in [-0.05, 0) is 48.9 Å². The lowest BCUT2D eigenvalue weighted by molar-refractivity contribution is -0.123. The van der Waals surface area contributed by atoms with Gasteiger partial charge >= 0.3 is 0 Å². The molecule has 1 amide bonds. The predicted molar refractivity (Wildman–Crippen MR) is 101 cm³/mol. The van der Waals surface area contributed by atoms with E-state index in [1.807, 2.05) is 31.2 Å². The van der Waals surface area contributed by atoms with Crippen LogP contribution in [0.2, 0.25) is 0 Å². The smallest absolute Gasteiger partial charge is 0.243 e. The Bertz CT molecular complexity index is 944. The van der Waals surface area contributed by atoms with E-state index in [-0.39, 0.29) is 17.2 Å². The number of aromatic nitrogens is 1. The largest absolute Gasteiger partial charge is 0.352 e. The summed E-state index contributed by atoms with van der Waals surface area (Å²) in [5.41, 5.74) is 1.78. The third-order valence-electron chi connectivity index (χ3n) is 5.70. The van der Waals surface area contributed by atoms with Gasteiger partial charge in [0.25, 0.3) is 0 Å². The fraction of sp³-hybridized carbons (Fsp3) is 0.400. The van der Waals surface area contributed by atoms with Crippen molar-refractivity contribution in [3.8, 4) is 0 Å². The third-order valence-corrected chi connectivity index (χ3v) is 7.56. The molecule has 2 atom stereocenters. The van der Waals surface area contributed by atoms with E-state index in [1.165, 1.54) is 4.31 Å². The molecule has 1 saturated heterocycles. The Morgan fingerprint density at radius 2 is 2.07 bits per heavy atom. The van der Waals surface area contributed by atoms with Crippen molar-refractivity contribution in [1.82, 2.24) is 14.6 Å². The summed E-state index contributed by atoms with van der Waals surface area (Å²) < 4.78 is 27.3. The van der Waals surface area contributed by atoms with Crippen molar-refractivity contribution in [3.05, 3.63) is 59.9 Å². The Labute approximate surface area is 159 Å². The van der Waals surface area contributed by atoms with Crippen molar-refractivity contribution in [1.29, 1.82) is 0 Å². The molecule has 27 heavy (non-hydrogen) atoms. The Balaban J connectivity index is 1.38. The molecule has 1 aromatic carbocycles. The van der Waals surface area contributed by atoms with Gasteiger partial charge in [-0.1, -0.05) is 23.8 Å². The van der Waals surface area contributed by atoms with E-state index in [0.29, 0.717) is 24.5 Å². The monoisotopic (exact) mass is 385 g/mol. The van der Waals surface area contributed by atoms with E-state index in [9.17, 15) is 13.2 Å². The van der Waals surface area contributed by atoms with E-state index >= 15 is 0 Å². The second kappa shape index (κ2) is 6.73. The highest BCUT2D eigenvalue weighted by atomic mass is 32.2. The second-order valence-electron chi connectivity index (χ2n) is 7.60. The van der Waals surface area contributed by atoms with Gasteiger partial charge in [0.1, 0.15) is 0 Å². The molecule has 2 fully saturated rings. The highest BCUT2D eigenvalue weighted by Crippen LogP contribution is 2.59. The number of benzene rings is 1. The van der Waals surface area contributed by atoms with Gasteiger partial charge in [-0.15, -0.1) is 0 Å².